The van der Waals surface area contributed by atoms with E-state index in [9.17, 15) is 16.8 Å². The zero-order valence-electron chi connectivity index (χ0n) is 22.8. The average molecular weight is 591 g/mol. The molecule has 1 fully saturated rings. The zero-order chi connectivity index (χ0) is 29.0. The second kappa shape index (κ2) is 11.9. The van der Waals surface area contributed by atoms with Crippen LogP contribution in [0.1, 0.15) is 42.5 Å². The van der Waals surface area contributed by atoms with E-state index in [-0.39, 0.29) is 39.4 Å². The fourth-order valence-electron chi connectivity index (χ4n) is 4.83. The van der Waals surface area contributed by atoms with Crippen LogP contribution in [0.3, 0.4) is 0 Å². The van der Waals surface area contributed by atoms with Gasteiger partial charge in [-0.25, -0.2) is 17.4 Å². The van der Waals surface area contributed by atoms with Crippen molar-refractivity contribution in [2.75, 3.05) is 13.7 Å². The van der Waals surface area contributed by atoms with Crippen molar-refractivity contribution in [2.24, 2.45) is 5.92 Å². The molecule has 0 atom stereocenters. The van der Waals surface area contributed by atoms with E-state index in [1.54, 1.807) is 55.7 Å². The lowest BCUT2D eigenvalue weighted by molar-refractivity contribution is 0.240. The van der Waals surface area contributed by atoms with Gasteiger partial charge in [-0.15, -0.1) is 0 Å². The van der Waals surface area contributed by atoms with Gasteiger partial charge < -0.3 is 8.92 Å². The lowest BCUT2D eigenvalue weighted by atomic mass is 10.1. The van der Waals surface area contributed by atoms with E-state index in [1.807, 2.05) is 6.92 Å². The Hall–Kier alpha value is -3.91. The number of nitrogens with zero attached hydrogens (tertiary/aromatic N) is 2. The zero-order valence-corrected chi connectivity index (χ0v) is 24.4. The summed E-state index contributed by atoms with van der Waals surface area (Å²) in [6.45, 7) is 2.09. The summed E-state index contributed by atoms with van der Waals surface area (Å²) in [5.74, 6) is 5.80. The SMILES string of the molecule is COCC#Cc1cnc2c(c1)cc(/C(=C/C1CCCC1)OS(=O)(=O)c1ccc(C)cc1)n2S(=O)(=O)c1ccccc1. The fraction of sp³-hybridized carbons (Fsp3) is 0.258. The van der Waals surface area contributed by atoms with Crippen LogP contribution < -0.4 is 0 Å². The smallest absolute Gasteiger partial charge is 0.339 e. The van der Waals surface area contributed by atoms with Crippen molar-refractivity contribution < 1.29 is 25.8 Å². The lowest BCUT2D eigenvalue weighted by Gasteiger charge is -2.16. The van der Waals surface area contributed by atoms with Gasteiger partial charge in [0.25, 0.3) is 10.0 Å². The van der Waals surface area contributed by atoms with Crippen LogP contribution in [-0.2, 0) is 29.1 Å². The van der Waals surface area contributed by atoms with Gasteiger partial charge in [-0.05, 0) is 68.2 Å². The van der Waals surface area contributed by atoms with Gasteiger partial charge in [-0.2, -0.15) is 8.42 Å². The van der Waals surface area contributed by atoms with Crippen molar-refractivity contribution >= 4 is 36.9 Å². The fourth-order valence-corrected chi connectivity index (χ4v) is 7.26. The van der Waals surface area contributed by atoms with Gasteiger partial charge in [-0.1, -0.05) is 60.6 Å². The first kappa shape index (κ1) is 28.6. The Bertz CT molecular complexity index is 1860. The number of hydrogen-bond donors (Lipinski definition) is 0. The van der Waals surface area contributed by atoms with E-state index >= 15 is 0 Å². The molecule has 2 aromatic carbocycles. The summed E-state index contributed by atoms with van der Waals surface area (Å²) in [5.41, 5.74) is 1.66. The van der Waals surface area contributed by atoms with Crippen molar-refractivity contribution in [3.05, 3.63) is 95.8 Å². The number of aromatic nitrogens is 2. The first-order chi connectivity index (χ1) is 19.7. The minimum absolute atomic E-state index is 0.0252. The highest BCUT2D eigenvalue weighted by Crippen LogP contribution is 2.35. The lowest BCUT2D eigenvalue weighted by Crippen LogP contribution is -2.18. The predicted octanol–water partition coefficient (Wildman–Crippen LogP) is 5.52. The maximum Gasteiger partial charge on any atom is 0.339 e. The second-order valence-corrected chi connectivity index (χ2v) is 13.2. The molecule has 5 rings (SSSR count). The van der Waals surface area contributed by atoms with Gasteiger partial charge in [-0.3, -0.25) is 0 Å². The maximum atomic E-state index is 14.1. The van der Waals surface area contributed by atoms with Crippen LogP contribution in [0, 0.1) is 24.7 Å². The molecule has 41 heavy (non-hydrogen) atoms. The number of benzene rings is 2. The highest BCUT2D eigenvalue weighted by molar-refractivity contribution is 7.90. The van der Waals surface area contributed by atoms with Gasteiger partial charge in [0.2, 0.25) is 0 Å². The molecule has 0 aliphatic heterocycles. The standard InChI is InChI=1S/C31H30N2O6S2/c1-23-14-16-28(17-15-23)41(36,37)39-30(20-24-9-6-7-10-24)29-21-26-19-25(11-8-18-38-2)22-32-31(26)33(29)40(34,35)27-12-4-3-5-13-27/h3-5,12-17,19-22,24H,6-7,9-10,18H2,1-2H3/b30-20-. The van der Waals surface area contributed by atoms with E-state index in [2.05, 4.69) is 16.8 Å². The van der Waals surface area contributed by atoms with Gasteiger partial charge >= 0.3 is 10.1 Å². The van der Waals surface area contributed by atoms with Crippen LogP contribution >= 0.6 is 0 Å². The minimum atomic E-state index is -4.29. The number of methoxy groups -OCH3 is 1. The molecule has 0 saturated heterocycles. The van der Waals surface area contributed by atoms with E-state index in [0.717, 1.165) is 35.2 Å². The average Bonchev–Trinajstić information content (AvgIpc) is 3.61. The second-order valence-electron chi connectivity index (χ2n) is 9.91. The van der Waals surface area contributed by atoms with Crippen molar-refractivity contribution in [1.29, 1.82) is 0 Å². The number of pyridine rings is 1. The molecular formula is C31H30N2O6S2. The Morgan fingerprint density at radius 2 is 1.71 bits per heavy atom. The van der Waals surface area contributed by atoms with E-state index in [4.69, 9.17) is 8.92 Å². The summed E-state index contributed by atoms with van der Waals surface area (Å²) in [7, 11) is -6.95. The molecule has 10 heteroatoms. The number of allylic oxidation sites excluding steroid dienone is 1. The third-order valence-electron chi connectivity index (χ3n) is 6.88. The molecule has 0 N–H and O–H groups in total. The molecule has 1 saturated carbocycles. The van der Waals surface area contributed by atoms with Crippen molar-refractivity contribution in [3.8, 4) is 11.8 Å². The molecule has 0 bridgehead atoms. The largest absolute Gasteiger partial charge is 0.377 e. The Labute approximate surface area is 240 Å². The molecule has 0 spiro atoms. The number of aryl methyl sites for hydroxylation is 1. The van der Waals surface area contributed by atoms with Crippen LogP contribution in [0.15, 0.2) is 88.8 Å². The molecule has 1 aliphatic rings. The van der Waals surface area contributed by atoms with Crippen molar-refractivity contribution in [3.63, 3.8) is 0 Å². The van der Waals surface area contributed by atoms with Gasteiger partial charge in [0.05, 0.1) is 4.90 Å². The molecule has 0 amide bonds. The molecule has 0 radical (unpaired) electrons. The van der Waals surface area contributed by atoms with Crippen molar-refractivity contribution in [1.82, 2.24) is 8.96 Å². The summed E-state index contributed by atoms with van der Waals surface area (Å²) in [5, 5.41) is 0.470. The summed E-state index contributed by atoms with van der Waals surface area (Å²) >= 11 is 0. The van der Waals surface area contributed by atoms with Crippen LogP contribution in [0.2, 0.25) is 0 Å². The van der Waals surface area contributed by atoms with E-state index in [1.165, 1.54) is 30.5 Å². The third kappa shape index (κ3) is 6.22. The topological polar surface area (TPSA) is 105 Å². The monoisotopic (exact) mass is 590 g/mol. The Kier molecular flexibility index (Phi) is 8.31. The van der Waals surface area contributed by atoms with Crippen molar-refractivity contribution in [2.45, 2.75) is 42.4 Å². The van der Waals surface area contributed by atoms with E-state index in [0.29, 0.717) is 10.9 Å². The predicted molar refractivity (Wildman–Crippen MR) is 157 cm³/mol. The number of fused-ring (bicyclic) bond motifs is 1. The Balaban J connectivity index is 1.73. The Morgan fingerprint density at radius 3 is 2.39 bits per heavy atom. The maximum absolute atomic E-state index is 14.1. The quantitative estimate of drug-likeness (QED) is 0.151. The summed E-state index contributed by atoms with van der Waals surface area (Å²) in [6.07, 6.45) is 6.91. The van der Waals surface area contributed by atoms with Gasteiger partial charge in [0.1, 0.15) is 17.2 Å². The normalized spacial score (nSPS) is 14.6. The molecule has 4 aromatic rings. The first-order valence-electron chi connectivity index (χ1n) is 13.2. The summed E-state index contributed by atoms with van der Waals surface area (Å²) in [4.78, 5) is 4.47. The van der Waals surface area contributed by atoms with Gasteiger partial charge in [0.15, 0.2) is 11.4 Å². The number of hydrogen-bond acceptors (Lipinski definition) is 7. The Morgan fingerprint density at radius 1 is 1.00 bits per heavy atom. The van der Waals surface area contributed by atoms with Crippen LogP contribution in [0.25, 0.3) is 16.8 Å². The number of rotatable bonds is 8. The molecular weight excluding hydrogens is 560 g/mol. The van der Waals surface area contributed by atoms with Crippen LogP contribution in [-0.4, -0.2) is 39.5 Å². The highest BCUT2D eigenvalue weighted by Gasteiger charge is 2.30. The number of ether oxygens (including phenoxy) is 1. The van der Waals surface area contributed by atoms with Crippen LogP contribution in [0.4, 0.5) is 0 Å². The minimum Gasteiger partial charge on any atom is -0.377 e. The third-order valence-corrected chi connectivity index (χ3v) is 9.84. The molecule has 1 aliphatic carbocycles. The molecule has 8 nitrogen and oxygen atoms in total. The molecule has 212 valence electrons. The molecule has 2 heterocycles. The summed E-state index contributed by atoms with van der Waals surface area (Å²) < 4.78 is 67.0. The molecule has 0 unspecified atom stereocenters. The molecule has 2 aromatic heterocycles. The first-order valence-corrected chi connectivity index (χ1v) is 16.1. The summed E-state index contributed by atoms with van der Waals surface area (Å²) in [6, 6.07) is 17.6. The van der Waals surface area contributed by atoms with Gasteiger partial charge in [0, 0.05) is 24.3 Å². The van der Waals surface area contributed by atoms with E-state index < -0.39 is 20.1 Å². The van der Waals surface area contributed by atoms with Crippen LogP contribution in [0.5, 0.6) is 0 Å². The highest BCUT2D eigenvalue weighted by atomic mass is 32.2.